The Hall–Kier alpha value is -0.570. The standard InChI is InChI=1S/C12H14Cl2O2/c1-8(5-6-16-2)12(15)10-4-3-9(13)7-11(10)14/h3-4,7-8H,5-6H2,1-2H3. The third kappa shape index (κ3) is 3.48. The summed E-state index contributed by atoms with van der Waals surface area (Å²) < 4.78 is 4.94. The summed E-state index contributed by atoms with van der Waals surface area (Å²) in [4.78, 5) is 12.0. The van der Waals surface area contributed by atoms with Crippen molar-refractivity contribution in [2.45, 2.75) is 13.3 Å². The van der Waals surface area contributed by atoms with Crippen LogP contribution in [0.25, 0.3) is 0 Å². The largest absolute Gasteiger partial charge is 0.385 e. The number of methoxy groups -OCH3 is 1. The normalized spacial score (nSPS) is 12.5. The summed E-state index contributed by atoms with van der Waals surface area (Å²) in [7, 11) is 1.62. The van der Waals surface area contributed by atoms with Gasteiger partial charge in [0.1, 0.15) is 0 Å². The van der Waals surface area contributed by atoms with E-state index >= 15 is 0 Å². The van der Waals surface area contributed by atoms with Gasteiger partial charge in [-0.05, 0) is 24.6 Å². The summed E-state index contributed by atoms with van der Waals surface area (Å²) in [5, 5.41) is 0.938. The highest BCUT2D eigenvalue weighted by Crippen LogP contribution is 2.24. The first kappa shape index (κ1) is 13.5. The maximum Gasteiger partial charge on any atom is 0.167 e. The van der Waals surface area contributed by atoms with Gasteiger partial charge in [-0.1, -0.05) is 30.1 Å². The molecule has 0 amide bonds. The Morgan fingerprint density at radius 2 is 2.12 bits per heavy atom. The van der Waals surface area contributed by atoms with Gasteiger partial charge in [-0.3, -0.25) is 4.79 Å². The Labute approximate surface area is 106 Å². The van der Waals surface area contributed by atoms with Gasteiger partial charge in [0.15, 0.2) is 5.78 Å². The number of halogens is 2. The fourth-order valence-electron chi connectivity index (χ4n) is 1.38. The highest BCUT2D eigenvalue weighted by atomic mass is 35.5. The lowest BCUT2D eigenvalue weighted by atomic mass is 9.97. The van der Waals surface area contributed by atoms with Crippen LogP contribution >= 0.6 is 23.2 Å². The number of benzene rings is 1. The van der Waals surface area contributed by atoms with Crippen LogP contribution in [0.3, 0.4) is 0 Å². The van der Waals surface area contributed by atoms with E-state index in [1.165, 1.54) is 0 Å². The lowest BCUT2D eigenvalue weighted by molar-refractivity contribution is 0.0894. The second-order valence-electron chi connectivity index (χ2n) is 3.67. The molecule has 0 spiro atoms. The highest BCUT2D eigenvalue weighted by Gasteiger charge is 2.17. The first-order chi connectivity index (χ1) is 7.56. The van der Waals surface area contributed by atoms with E-state index in [0.29, 0.717) is 28.6 Å². The summed E-state index contributed by atoms with van der Waals surface area (Å²) in [6, 6.07) is 4.92. The zero-order valence-corrected chi connectivity index (χ0v) is 10.8. The number of hydrogen-bond donors (Lipinski definition) is 0. The molecule has 2 nitrogen and oxygen atoms in total. The Bertz CT molecular complexity index is 377. The molecule has 1 atom stereocenters. The molecule has 0 N–H and O–H groups in total. The zero-order valence-electron chi connectivity index (χ0n) is 9.30. The zero-order chi connectivity index (χ0) is 12.1. The van der Waals surface area contributed by atoms with Crippen LogP contribution in [0.1, 0.15) is 23.7 Å². The van der Waals surface area contributed by atoms with Crippen LogP contribution < -0.4 is 0 Å². The summed E-state index contributed by atoms with van der Waals surface area (Å²) in [6.45, 7) is 2.43. The molecule has 4 heteroatoms. The van der Waals surface area contributed by atoms with E-state index < -0.39 is 0 Å². The second-order valence-corrected chi connectivity index (χ2v) is 4.51. The summed E-state index contributed by atoms with van der Waals surface area (Å²) in [5.74, 6) is -0.0719. The van der Waals surface area contributed by atoms with Gasteiger partial charge in [0.2, 0.25) is 0 Å². The molecule has 0 aromatic heterocycles. The Balaban J connectivity index is 2.79. The molecular weight excluding hydrogens is 247 g/mol. The van der Waals surface area contributed by atoms with E-state index in [-0.39, 0.29) is 11.7 Å². The van der Waals surface area contributed by atoms with Crippen LogP contribution in [0.2, 0.25) is 10.0 Å². The number of rotatable bonds is 5. The minimum atomic E-state index is -0.0985. The molecule has 1 rings (SSSR count). The van der Waals surface area contributed by atoms with Gasteiger partial charge < -0.3 is 4.74 Å². The van der Waals surface area contributed by atoms with Gasteiger partial charge in [0, 0.05) is 30.2 Å². The summed E-state index contributed by atoms with van der Waals surface area (Å²) >= 11 is 11.7. The predicted octanol–water partition coefficient (Wildman–Crippen LogP) is 3.85. The third-order valence-electron chi connectivity index (χ3n) is 2.40. The number of ketones is 1. The van der Waals surface area contributed by atoms with Crippen molar-refractivity contribution in [2.24, 2.45) is 5.92 Å². The topological polar surface area (TPSA) is 26.3 Å². The van der Waals surface area contributed by atoms with Crippen LogP contribution in [0, 0.1) is 5.92 Å². The van der Waals surface area contributed by atoms with E-state index in [1.807, 2.05) is 6.92 Å². The monoisotopic (exact) mass is 260 g/mol. The maximum atomic E-state index is 12.0. The molecule has 0 aliphatic rings. The molecule has 0 radical (unpaired) electrons. The molecule has 0 fully saturated rings. The van der Waals surface area contributed by atoms with E-state index in [2.05, 4.69) is 0 Å². The maximum absolute atomic E-state index is 12.0. The van der Waals surface area contributed by atoms with Gasteiger partial charge in [0.25, 0.3) is 0 Å². The number of carbonyl (C=O) groups excluding carboxylic acids is 1. The van der Waals surface area contributed by atoms with E-state index in [4.69, 9.17) is 27.9 Å². The van der Waals surface area contributed by atoms with Gasteiger partial charge in [-0.15, -0.1) is 0 Å². The van der Waals surface area contributed by atoms with Crippen molar-refractivity contribution >= 4 is 29.0 Å². The lowest BCUT2D eigenvalue weighted by Gasteiger charge is -2.11. The average Bonchev–Trinajstić information content (AvgIpc) is 2.25. The van der Waals surface area contributed by atoms with Crippen molar-refractivity contribution in [1.29, 1.82) is 0 Å². The number of hydrogen-bond acceptors (Lipinski definition) is 2. The van der Waals surface area contributed by atoms with Gasteiger partial charge in [-0.25, -0.2) is 0 Å². The van der Waals surface area contributed by atoms with Gasteiger partial charge in [-0.2, -0.15) is 0 Å². The molecule has 88 valence electrons. The van der Waals surface area contributed by atoms with Crippen molar-refractivity contribution in [3.8, 4) is 0 Å². The smallest absolute Gasteiger partial charge is 0.167 e. The number of ether oxygens (including phenoxy) is 1. The Morgan fingerprint density at radius 1 is 1.44 bits per heavy atom. The Kier molecular flexibility index (Phi) is 5.26. The fourth-order valence-corrected chi connectivity index (χ4v) is 1.88. The first-order valence-corrected chi connectivity index (χ1v) is 5.80. The lowest BCUT2D eigenvalue weighted by Crippen LogP contribution is -2.13. The molecule has 1 unspecified atom stereocenters. The predicted molar refractivity (Wildman–Crippen MR) is 66.4 cm³/mol. The van der Waals surface area contributed by atoms with Crippen LogP contribution in [0.5, 0.6) is 0 Å². The molecule has 16 heavy (non-hydrogen) atoms. The van der Waals surface area contributed by atoms with E-state index in [9.17, 15) is 4.79 Å². The van der Waals surface area contributed by atoms with Crippen molar-refractivity contribution in [3.63, 3.8) is 0 Å². The first-order valence-electron chi connectivity index (χ1n) is 5.04. The quantitative estimate of drug-likeness (QED) is 0.752. The van der Waals surface area contributed by atoms with Crippen molar-refractivity contribution in [3.05, 3.63) is 33.8 Å². The molecule has 0 aliphatic heterocycles. The minimum absolute atomic E-state index is 0.0266. The molecule has 0 saturated carbocycles. The third-order valence-corrected chi connectivity index (χ3v) is 2.95. The average molecular weight is 261 g/mol. The molecule has 1 aromatic carbocycles. The van der Waals surface area contributed by atoms with Crippen LogP contribution in [0.15, 0.2) is 18.2 Å². The van der Waals surface area contributed by atoms with Crippen molar-refractivity contribution < 1.29 is 9.53 Å². The molecule has 0 saturated heterocycles. The number of Topliss-reactive ketones (excluding diaryl/α,β-unsaturated/α-hetero) is 1. The highest BCUT2D eigenvalue weighted by molar-refractivity contribution is 6.36. The molecule has 0 heterocycles. The molecular formula is C12H14Cl2O2. The molecule has 1 aromatic rings. The SMILES string of the molecule is COCCC(C)C(=O)c1ccc(Cl)cc1Cl. The van der Waals surface area contributed by atoms with Crippen LogP contribution in [-0.4, -0.2) is 19.5 Å². The minimum Gasteiger partial charge on any atom is -0.385 e. The van der Waals surface area contributed by atoms with E-state index in [1.54, 1.807) is 25.3 Å². The fraction of sp³-hybridized carbons (Fsp3) is 0.417. The van der Waals surface area contributed by atoms with Gasteiger partial charge >= 0.3 is 0 Å². The Morgan fingerprint density at radius 3 is 2.69 bits per heavy atom. The summed E-state index contributed by atoms with van der Waals surface area (Å²) in [5.41, 5.74) is 0.523. The van der Waals surface area contributed by atoms with Crippen molar-refractivity contribution in [1.82, 2.24) is 0 Å². The van der Waals surface area contributed by atoms with E-state index in [0.717, 1.165) is 0 Å². The summed E-state index contributed by atoms with van der Waals surface area (Å²) in [6.07, 6.45) is 0.689. The molecule has 0 aliphatic carbocycles. The van der Waals surface area contributed by atoms with Crippen molar-refractivity contribution in [2.75, 3.05) is 13.7 Å². The number of carbonyl (C=O) groups is 1. The molecule has 0 bridgehead atoms. The van der Waals surface area contributed by atoms with Crippen LogP contribution in [0.4, 0.5) is 0 Å². The second kappa shape index (κ2) is 6.24. The van der Waals surface area contributed by atoms with Gasteiger partial charge in [0.05, 0.1) is 5.02 Å². The van der Waals surface area contributed by atoms with Crippen LogP contribution in [-0.2, 0) is 4.74 Å².